The van der Waals surface area contributed by atoms with Gasteiger partial charge in [-0.2, -0.15) is 16.9 Å². The summed E-state index contributed by atoms with van der Waals surface area (Å²) in [6.07, 6.45) is 7.41. The van der Waals surface area contributed by atoms with Crippen LogP contribution in [0.2, 0.25) is 0 Å². The van der Waals surface area contributed by atoms with Crippen LogP contribution in [-0.2, 0) is 6.54 Å². The minimum absolute atomic E-state index is 0.132. The summed E-state index contributed by atoms with van der Waals surface area (Å²) in [6.45, 7) is 3.01. The Morgan fingerprint density at radius 1 is 1.56 bits per heavy atom. The Morgan fingerprint density at radius 3 is 3.00 bits per heavy atom. The van der Waals surface area contributed by atoms with Crippen molar-refractivity contribution in [2.45, 2.75) is 50.4 Å². The van der Waals surface area contributed by atoms with Crippen molar-refractivity contribution in [2.24, 2.45) is 5.73 Å². The molecule has 4 heteroatoms. The molecule has 0 amide bonds. The molecule has 1 aliphatic rings. The molecule has 0 spiro atoms. The van der Waals surface area contributed by atoms with E-state index >= 15 is 0 Å². The summed E-state index contributed by atoms with van der Waals surface area (Å²) in [6, 6.07) is 2.18. The molecule has 0 aromatic carbocycles. The second-order valence-electron chi connectivity index (χ2n) is 4.42. The van der Waals surface area contributed by atoms with Crippen LogP contribution in [0.15, 0.2) is 12.3 Å². The minimum atomic E-state index is 0.132. The number of hydrogen-bond donors (Lipinski definition) is 1. The van der Waals surface area contributed by atoms with E-state index in [0.29, 0.717) is 0 Å². The number of thioether (sulfide) groups is 1. The number of aryl methyl sites for hydroxylation is 1. The number of hydrogen-bond acceptors (Lipinski definition) is 3. The summed E-state index contributed by atoms with van der Waals surface area (Å²) in [4.78, 5) is 0. The second-order valence-corrected chi connectivity index (χ2v) is 5.75. The number of nitrogens with zero attached hydrogens (tertiary/aromatic N) is 2. The zero-order valence-electron chi connectivity index (χ0n) is 9.93. The molecule has 1 saturated carbocycles. The van der Waals surface area contributed by atoms with Gasteiger partial charge in [0.1, 0.15) is 0 Å². The highest BCUT2D eigenvalue weighted by Gasteiger charge is 2.18. The average molecular weight is 239 g/mol. The van der Waals surface area contributed by atoms with Gasteiger partial charge >= 0.3 is 0 Å². The maximum absolute atomic E-state index is 6.21. The fourth-order valence-corrected chi connectivity index (χ4v) is 3.62. The molecule has 90 valence electrons. The predicted octanol–water partition coefficient (Wildman–Crippen LogP) is 2.58. The summed E-state index contributed by atoms with van der Waals surface area (Å²) in [5.41, 5.74) is 7.39. The first-order valence-corrected chi connectivity index (χ1v) is 7.25. The van der Waals surface area contributed by atoms with Gasteiger partial charge in [-0.1, -0.05) is 12.8 Å². The van der Waals surface area contributed by atoms with E-state index in [0.717, 1.165) is 17.5 Å². The van der Waals surface area contributed by atoms with Gasteiger partial charge in [0.05, 0.1) is 11.7 Å². The van der Waals surface area contributed by atoms with Crippen molar-refractivity contribution in [1.82, 2.24) is 9.78 Å². The molecule has 1 unspecified atom stereocenters. The van der Waals surface area contributed by atoms with E-state index in [4.69, 9.17) is 5.73 Å². The molecule has 1 aromatic rings. The summed E-state index contributed by atoms with van der Waals surface area (Å²) in [5, 5.41) is 5.11. The van der Waals surface area contributed by atoms with Gasteiger partial charge in [0.2, 0.25) is 0 Å². The van der Waals surface area contributed by atoms with Crippen LogP contribution in [0.4, 0.5) is 0 Å². The molecule has 16 heavy (non-hydrogen) atoms. The SMILES string of the molecule is CCn1nccc1C(N)CSC1CCCC1. The van der Waals surface area contributed by atoms with Crippen LogP contribution in [0.5, 0.6) is 0 Å². The lowest BCUT2D eigenvalue weighted by Crippen LogP contribution is -2.19. The Morgan fingerprint density at radius 2 is 2.31 bits per heavy atom. The molecule has 0 aliphatic heterocycles. The standard InChI is InChI=1S/C12H21N3S/c1-2-15-12(7-8-14-15)11(13)9-16-10-5-3-4-6-10/h7-8,10-11H,2-6,9,13H2,1H3. The Kier molecular flexibility index (Phi) is 4.29. The smallest absolute Gasteiger partial charge is 0.0559 e. The van der Waals surface area contributed by atoms with Crippen molar-refractivity contribution in [2.75, 3.05) is 5.75 Å². The third-order valence-corrected chi connectivity index (χ3v) is 4.74. The first-order valence-electron chi connectivity index (χ1n) is 6.20. The van der Waals surface area contributed by atoms with E-state index in [1.165, 1.54) is 31.4 Å². The minimum Gasteiger partial charge on any atom is -0.322 e. The van der Waals surface area contributed by atoms with Crippen molar-refractivity contribution in [1.29, 1.82) is 0 Å². The largest absolute Gasteiger partial charge is 0.322 e. The van der Waals surface area contributed by atoms with Crippen LogP contribution < -0.4 is 5.73 Å². The van der Waals surface area contributed by atoms with Gasteiger partial charge in [-0.3, -0.25) is 4.68 Å². The molecule has 3 nitrogen and oxygen atoms in total. The normalized spacial score (nSPS) is 19.1. The van der Waals surface area contributed by atoms with E-state index in [1.807, 2.05) is 28.7 Å². The van der Waals surface area contributed by atoms with Crippen molar-refractivity contribution in [3.05, 3.63) is 18.0 Å². The molecule has 2 N–H and O–H groups in total. The Hall–Kier alpha value is -0.480. The first-order chi connectivity index (χ1) is 7.81. The van der Waals surface area contributed by atoms with Crippen LogP contribution in [-0.4, -0.2) is 20.8 Å². The molecule has 1 heterocycles. The third kappa shape index (κ3) is 2.80. The molecule has 2 rings (SSSR count). The lowest BCUT2D eigenvalue weighted by molar-refractivity contribution is 0.592. The van der Waals surface area contributed by atoms with E-state index in [9.17, 15) is 0 Å². The van der Waals surface area contributed by atoms with Gasteiger partial charge < -0.3 is 5.73 Å². The van der Waals surface area contributed by atoms with Crippen molar-refractivity contribution >= 4 is 11.8 Å². The predicted molar refractivity (Wildman–Crippen MR) is 69.5 cm³/mol. The van der Waals surface area contributed by atoms with E-state index in [1.54, 1.807) is 0 Å². The molecule has 0 radical (unpaired) electrons. The molecule has 1 aromatic heterocycles. The topological polar surface area (TPSA) is 43.8 Å². The molecule has 1 fully saturated rings. The lowest BCUT2D eigenvalue weighted by Gasteiger charge is -2.15. The fourth-order valence-electron chi connectivity index (χ4n) is 2.30. The average Bonchev–Trinajstić information content (AvgIpc) is 2.96. The van der Waals surface area contributed by atoms with Gasteiger partial charge in [-0.05, 0) is 25.8 Å². The summed E-state index contributed by atoms with van der Waals surface area (Å²) >= 11 is 2.04. The monoisotopic (exact) mass is 239 g/mol. The van der Waals surface area contributed by atoms with Crippen molar-refractivity contribution in [3.8, 4) is 0 Å². The molecule has 0 bridgehead atoms. The maximum Gasteiger partial charge on any atom is 0.0559 e. The van der Waals surface area contributed by atoms with Gasteiger partial charge in [0.15, 0.2) is 0 Å². The number of aromatic nitrogens is 2. The number of nitrogens with two attached hydrogens (primary N) is 1. The molecular formula is C12H21N3S. The zero-order valence-corrected chi connectivity index (χ0v) is 10.7. The molecule has 1 aliphatic carbocycles. The highest BCUT2D eigenvalue weighted by Crippen LogP contribution is 2.31. The molecule has 0 saturated heterocycles. The summed E-state index contributed by atoms with van der Waals surface area (Å²) in [7, 11) is 0. The molecule has 1 atom stereocenters. The van der Waals surface area contributed by atoms with Crippen LogP contribution in [0.3, 0.4) is 0 Å². The van der Waals surface area contributed by atoms with Gasteiger partial charge in [-0.15, -0.1) is 0 Å². The third-order valence-electron chi connectivity index (χ3n) is 3.24. The van der Waals surface area contributed by atoms with Gasteiger partial charge in [0, 0.05) is 23.7 Å². The summed E-state index contributed by atoms with van der Waals surface area (Å²) in [5.74, 6) is 1.02. The fraction of sp³-hybridized carbons (Fsp3) is 0.750. The van der Waals surface area contributed by atoms with Gasteiger partial charge in [0.25, 0.3) is 0 Å². The maximum atomic E-state index is 6.21. The van der Waals surface area contributed by atoms with Crippen molar-refractivity contribution in [3.63, 3.8) is 0 Å². The highest BCUT2D eigenvalue weighted by atomic mass is 32.2. The Balaban J connectivity index is 1.84. The van der Waals surface area contributed by atoms with E-state index in [2.05, 4.69) is 12.0 Å². The summed E-state index contributed by atoms with van der Waals surface area (Å²) < 4.78 is 2.00. The Labute approximate surface area is 102 Å². The van der Waals surface area contributed by atoms with Crippen LogP contribution in [0.1, 0.15) is 44.3 Å². The zero-order chi connectivity index (χ0) is 11.4. The van der Waals surface area contributed by atoms with E-state index < -0.39 is 0 Å². The molecular weight excluding hydrogens is 218 g/mol. The lowest BCUT2D eigenvalue weighted by atomic mass is 10.2. The highest BCUT2D eigenvalue weighted by molar-refractivity contribution is 7.99. The quantitative estimate of drug-likeness (QED) is 0.859. The Bertz CT molecular complexity index is 318. The first kappa shape index (κ1) is 12.0. The van der Waals surface area contributed by atoms with Crippen LogP contribution >= 0.6 is 11.8 Å². The number of rotatable bonds is 5. The van der Waals surface area contributed by atoms with E-state index in [-0.39, 0.29) is 6.04 Å². The second kappa shape index (κ2) is 5.73. The van der Waals surface area contributed by atoms with Crippen LogP contribution in [0.25, 0.3) is 0 Å². The van der Waals surface area contributed by atoms with Gasteiger partial charge in [-0.25, -0.2) is 0 Å². The van der Waals surface area contributed by atoms with Crippen LogP contribution in [0, 0.1) is 0 Å². The van der Waals surface area contributed by atoms with Crippen molar-refractivity contribution < 1.29 is 0 Å².